The van der Waals surface area contributed by atoms with Gasteiger partial charge in [-0.15, -0.1) is 0 Å². The summed E-state index contributed by atoms with van der Waals surface area (Å²) in [6, 6.07) is 9.99. The van der Waals surface area contributed by atoms with Crippen LogP contribution in [0.4, 0.5) is 0 Å². The van der Waals surface area contributed by atoms with Gasteiger partial charge in [-0.1, -0.05) is 32.0 Å². The van der Waals surface area contributed by atoms with E-state index >= 15 is 0 Å². The highest BCUT2D eigenvalue weighted by Crippen LogP contribution is 2.24. The van der Waals surface area contributed by atoms with Gasteiger partial charge in [-0.25, -0.2) is 12.7 Å². The summed E-state index contributed by atoms with van der Waals surface area (Å²) in [5.74, 6) is -2.13. The number of rotatable bonds is 9. The molecule has 7 nitrogen and oxygen atoms in total. The molecule has 1 aromatic heterocycles. The molecule has 0 spiro atoms. The molecule has 1 N–H and O–H groups in total. The third-order valence-corrected chi connectivity index (χ3v) is 7.69. The number of nitrogens with zero attached hydrogens (tertiary/aromatic N) is 2. The molecule has 3 rings (SSSR count). The van der Waals surface area contributed by atoms with Crippen LogP contribution in [0.25, 0.3) is 10.9 Å². The van der Waals surface area contributed by atoms with Gasteiger partial charge in [-0.3, -0.25) is 9.78 Å². The maximum atomic E-state index is 12.8. The monoisotopic (exact) mass is 448 g/mol. The molecule has 1 atom stereocenters. The molecule has 2 aromatic rings. The Hall–Kier alpha value is -2.03. The largest absolute Gasteiger partial charge is 0.481 e. The van der Waals surface area contributed by atoms with Crippen LogP contribution in [0.3, 0.4) is 0 Å². The van der Waals surface area contributed by atoms with Crippen LogP contribution < -0.4 is 0 Å². The number of carbonyl (C=O) groups is 1. The number of aromatic nitrogens is 1. The Balaban J connectivity index is 1.57. The molecule has 0 unspecified atom stereocenters. The lowest BCUT2D eigenvalue weighted by Crippen LogP contribution is -2.43. The number of aryl methyl sites for hydroxylation is 1. The number of aliphatic carboxylic acids is 1. The van der Waals surface area contributed by atoms with E-state index in [1.54, 1.807) is 0 Å². The topological polar surface area (TPSA) is 96.8 Å². The van der Waals surface area contributed by atoms with Gasteiger partial charge in [0.25, 0.3) is 0 Å². The van der Waals surface area contributed by atoms with E-state index in [-0.39, 0.29) is 17.8 Å². The molecule has 1 aliphatic heterocycles. The van der Waals surface area contributed by atoms with Gasteiger partial charge in [0.05, 0.1) is 29.9 Å². The zero-order valence-corrected chi connectivity index (χ0v) is 19.3. The number of benzene rings is 1. The molecular formula is C23H32N2O5S. The highest BCUT2D eigenvalue weighted by Gasteiger charge is 2.33. The van der Waals surface area contributed by atoms with Gasteiger partial charge in [0.15, 0.2) is 0 Å². The second-order valence-corrected chi connectivity index (χ2v) is 10.8. The first-order valence-electron chi connectivity index (χ1n) is 10.8. The quantitative estimate of drug-likeness (QED) is 0.630. The van der Waals surface area contributed by atoms with E-state index in [2.05, 4.69) is 4.98 Å². The van der Waals surface area contributed by atoms with Gasteiger partial charge in [0, 0.05) is 24.2 Å². The van der Waals surface area contributed by atoms with Crippen LogP contribution in [0, 0.1) is 18.8 Å². The third-order valence-electron chi connectivity index (χ3n) is 5.72. The van der Waals surface area contributed by atoms with E-state index < -0.39 is 21.9 Å². The van der Waals surface area contributed by atoms with E-state index in [1.807, 2.05) is 51.1 Å². The van der Waals surface area contributed by atoms with Crippen LogP contribution in [0.1, 0.15) is 44.4 Å². The van der Waals surface area contributed by atoms with Crippen LogP contribution >= 0.6 is 0 Å². The summed E-state index contributed by atoms with van der Waals surface area (Å²) in [7, 11) is -3.61. The molecule has 1 aromatic carbocycles. The fourth-order valence-corrected chi connectivity index (χ4v) is 5.93. The first-order valence-corrected chi connectivity index (χ1v) is 12.4. The number of pyridine rings is 1. The maximum Gasteiger partial charge on any atom is 0.307 e. The van der Waals surface area contributed by atoms with E-state index in [1.165, 1.54) is 4.31 Å². The number of hydrogen-bond acceptors (Lipinski definition) is 5. The zero-order valence-electron chi connectivity index (χ0n) is 18.5. The van der Waals surface area contributed by atoms with Crippen molar-refractivity contribution in [3.63, 3.8) is 0 Å². The molecule has 170 valence electrons. The molecule has 0 amide bonds. The zero-order chi connectivity index (χ0) is 22.6. The summed E-state index contributed by atoms with van der Waals surface area (Å²) in [5.41, 5.74) is 2.96. The predicted molar refractivity (Wildman–Crippen MR) is 120 cm³/mol. The van der Waals surface area contributed by atoms with Gasteiger partial charge < -0.3 is 9.84 Å². The number of hydrogen-bond donors (Lipinski definition) is 1. The van der Waals surface area contributed by atoms with Crippen LogP contribution in [0.15, 0.2) is 30.3 Å². The van der Waals surface area contributed by atoms with Crippen molar-refractivity contribution in [2.75, 3.05) is 18.8 Å². The van der Waals surface area contributed by atoms with E-state index in [4.69, 9.17) is 4.74 Å². The molecule has 31 heavy (non-hydrogen) atoms. The molecule has 0 saturated carbocycles. The minimum Gasteiger partial charge on any atom is -0.481 e. The summed E-state index contributed by atoms with van der Waals surface area (Å²) in [6.45, 7) is 6.94. The van der Waals surface area contributed by atoms with Gasteiger partial charge in [-0.05, 0) is 49.8 Å². The summed E-state index contributed by atoms with van der Waals surface area (Å²) < 4.78 is 33.1. The lowest BCUT2D eigenvalue weighted by atomic mass is 9.99. The molecule has 0 bridgehead atoms. The van der Waals surface area contributed by atoms with Crippen molar-refractivity contribution in [1.82, 2.24) is 9.29 Å². The summed E-state index contributed by atoms with van der Waals surface area (Å²) in [5, 5.41) is 10.5. The Kier molecular flexibility index (Phi) is 7.67. The highest BCUT2D eigenvalue weighted by molar-refractivity contribution is 7.89. The summed E-state index contributed by atoms with van der Waals surface area (Å²) in [6.07, 6.45) is 1.53. The molecule has 1 fully saturated rings. The Morgan fingerprint density at radius 2 is 1.94 bits per heavy atom. The van der Waals surface area contributed by atoms with Crippen molar-refractivity contribution in [2.24, 2.45) is 11.8 Å². The smallest absolute Gasteiger partial charge is 0.307 e. The average Bonchev–Trinajstić information content (AvgIpc) is 2.71. The second-order valence-electron chi connectivity index (χ2n) is 8.79. The minimum absolute atomic E-state index is 0.0235. The van der Waals surface area contributed by atoms with Crippen molar-refractivity contribution < 1.29 is 23.1 Å². The fraction of sp³-hybridized carbons (Fsp3) is 0.565. The van der Waals surface area contributed by atoms with Crippen molar-refractivity contribution >= 4 is 26.9 Å². The van der Waals surface area contributed by atoms with Crippen LogP contribution in [0.2, 0.25) is 0 Å². The van der Waals surface area contributed by atoms with Crippen LogP contribution in [0.5, 0.6) is 0 Å². The SMILES string of the molecule is Cc1cc(COC2CCN(S(=O)(=O)C[C@H](CC(C)C)C(=O)O)CC2)c2ccccc2n1. The maximum absolute atomic E-state index is 12.8. The molecule has 0 radical (unpaired) electrons. The number of para-hydroxylation sites is 1. The molecule has 1 aliphatic rings. The molecule has 2 heterocycles. The number of piperidine rings is 1. The second kappa shape index (κ2) is 10.1. The standard InChI is InChI=1S/C23H32N2O5S/c1-16(2)12-19(23(26)27)15-31(28,29)25-10-8-20(9-11-25)30-14-18-13-17(3)24-22-7-5-4-6-21(18)22/h4-7,13,16,19-20H,8-12,14-15H2,1-3H3,(H,26,27)/t19-/m0/s1. The Labute approximate surface area is 184 Å². The normalized spacial score (nSPS) is 17.3. The van der Waals surface area contributed by atoms with Crippen LogP contribution in [-0.4, -0.2) is 53.7 Å². The van der Waals surface area contributed by atoms with Crippen molar-refractivity contribution in [3.8, 4) is 0 Å². The number of ether oxygens (including phenoxy) is 1. The fourth-order valence-electron chi connectivity index (χ4n) is 4.17. The van der Waals surface area contributed by atoms with Gasteiger partial charge in [0.2, 0.25) is 10.0 Å². The minimum atomic E-state index is -3.61. The molecule has 1 saturated heterocycles. The van der Waals surface area contributed by atoms with E-state index in [0.717, 1.165) is 22.2 Å². The van der Waals surface area contributed by atoms with E-state index in [9.17, 15) is 18.3 Å². The Morgan fingerprint density at radius 3 is 2.58 bits per heavy atom. The molecule has 0 aliphatic carbocycles. The first kappa shape index (κ1) is 23.6. The predicted octanol–water partition coefficient (Wildman–Crippen LogP) is 3.60. The van der Waals surface area contributed by atoms with Crippen molar-refractivity contribution in [1.29, 1.82) is 0 Å². The Bertz CT molecular complexity index is 1010. The lowest BCUT2D eigenvalue weighted by Gasteiger charge is -2.32. The van der Waals surface area contributed by atoms with Crippen molar-refractivity contribution in [2.45, 2.75) is 52.7 Å². The van der Waals surface area contributed by atoms with Gasteiger partial charge in [-0.2, -0.15) is 0 Å². The van der Waals surface area contributed by atoms with Gasteiger partial charge in [0.1, 0.15) is 0 Å². The van der Waals surface area contributed by atoms with Crippen molar-refractivity contribution in [3.05, 3.63) is 41.6 Å². The average molecular weight is 449 g/mol. The number of fused-ring (bicyclic) bond motifs is 1. The van der Waals surface area contributed by atoms with E-state index in [0.29, 0.717) is 39.0 Å². The molecular weight excluding hydrogens is 416 g/mol. The summed E-state index contributed by atoms with van der Waals surface area (Å²) in [4.78, 5) is 16.0. The Morgan fingerprint density at radius 1 is 1.26 bits per heavy atom. The number of carboxylic acids is 1. The van der Waals surface area contributed by atoms with Crippen LogP contribution in [-0.2, 0) is 26.2 Å². The van der Waals surface area contributed by atoms with Gasteiger partial charge >= 0.3 is 5.97 Å². The third kappa shape index (κ3) is 6.24. The first-order chi connectivity index (χ1) is 14.7. The number of carboxylic acid groups (broad SMARTS) is 1. The highest BCUT2D eigenvalue weighted by atomic mass is 32.2. The lowest BCUT2D eigenvalue weighted by molar-refractivity contribution is -0.141. The molecule has 8 heteroatoms. The number of sulfonamides is 1. The summed E-state index contributed by atoms with van der Waals surface area (Å²) >= 11 is 0.